The van der Waals surface area contributed by atoms with Gasteiger partial charge in [-0.05, 0) is 35.7 Å². The normalized spacial score (nSPS) is 11.7. The fourth-order valence-electron chi connectivity index (χ4n) is 2.69. The van der Waals surface area contributed by atoms with Crippen LogP contribution in [0.3, 0.4) is 0 Å². The summed E-state index contributed by atoms with van der Waals surface area (Å²) in [6.07, 6.45) is 6.53. The summed E-state index contributed by atoms with van der Waals surface area (Å²) >= 11 is 0. The van der Waals surface area contributed by atoms with E-state index in [1.807, 2.05) is 57.4 Å². The molecule has 3 rings (SSSR count). The quantitative estimate of drug-likeness (QED) is 0.768. The van der Waals surface area contributed by atoms with Crippen molar-refractivity contribution in [1.29, 1.82) is 0 Å². The number of carbonyl (C=O) groups is 1. The average Bonchev–Trinajstić information content (AvgIpc) is 2.67. The van der Waals surface area contributed by atoms with Crippen molar-refractivity contribution in [3.8, 4) is 0 Å². The number of aromatic nitrogens is 3. The van der Waals surface area contributed by atoms with Crippen LogP contribution in [-0.4, -0.2) is 35.0 Å². The standard InChI is InChI=1S/C20H21N5O/c1-14-6-4-5-7-17(14)18(15-8-10-21-11-9-15)24-19(26)16-12-22-20(23-13-16)25(2)3/h4-13,18H,1-3H3,(H,24,26)/t18-/m0/s1. The lowest BCUT2D eigenvalue weighted by Crippen LogP contribution is -2.30. The molecule has 0 saturated carbocycles. The highest BCUT2D eigenvalue weighted by molar-refractivity contribution is 5.94. The molecule has 3 aromatic rings. The molecule has 0 bridgehead atoms. The van der Waals surface area contributed by atoms with Crippen LogP contribution in [0.4, 0.5) is 5.95 Å². The van der Waals surface area contributed by atoms with E-state index in [0.29, 0.717) is 11.5 Å². The fourth-order valence-corrected chi connectivity index (χ4v) is 2.69. The summed E-state index contributed by atoms with van der Waals surface area (Å²) in [5.74, 6) is 0.339. The van der Waals surface area contributed by atoms with Gasteiger partial charge in [0.15, 0.2) is 0 Å². The summed E-state index contributed by atoms with van der Waals surface area (Å²) in [6.45, 7) is 2.03. The SMILES string of the molecule is Cc1ccccc1[C@@H](NC(=O)c1cnc(N(C)C)nc1)c1ccncc1. The number of aryl methyl sites for hydroxylation is 1. The van der Waals surface area contributed by atoms with E-state index >= 15 is 0 Å². The Kier molecular flexibility index (Phi) is 5.22. The highest BCUT2D eigenvalue weighted by Gasteiger charge is 2.19. The van der Waals surface area contributed by atoms with E-state index in [4.69, 9.17) is 0 Å². The van der Waals surface area contributed by atoms with Crippen LogP contribution in [0, 0.1) is 6.92 Å². The maximum Gasteiger partial charge on any atom is 0.255 e. The predicted molar refractivity (Wildman–Crippen MR) is 101 cm³/mol. The van der Waals surface area contributed by atoms with Crippen molar-refractivity contribution < 1.29 is 4.79 Å². The zero-order valence-corrected chi connectivity index (χ0v) is 15.0. The molecule has 2 heterocycles. The Hall–Kier alpha value is -3.28. The minimum absolute atomic E-state index is 0.222. The molecule has 6 heteroatoms. The molecule has 0 aliphatic rings. The molecule has 0 spiro atoms. The Morgan fingerprint density at radius 3 is 2.31 bits per heavy atom. The number of nitrogens with zero attached hydrogens (tertiary/aromatic N) is 4. The Morgan fingerprint density at radius 2 is 1.69 bits per heavy atom. The first-order valence-electron chi connectivity index (χ1n) is 8.32. The number of hydrogen-bond acceptors (Lipinski definition) is 5. The number of anilines is 1. The number of hydrogen-bond donors (Lipinski definition) is 1. The fraction of sp³-hybridized carbons (Fsp3) is 0.200. The molecule has 0 unspecified atom stereocenters. The lowest BCUT2D eigenvalue weighted by atomic mass is 9.95. The maximum absolute atomic E-state index is 12.8. The highest BCUT2D eigenvalue weighted by atomic mass is 16.1. The molecule has 2 aromatic heterocycles. The maximum atomic E-state index is 12.8. The molecule has 0 aliphatic carbocycles. The van der Waals surface area contributed by atoms with Crippen molar-refractivity contribution in [3.05, 3.63) is 83.4 Å². The second kappa shape index (κ2) is 7.74. The van der Waals surface area contributed by atoms with Gasteiger partial charge in [-0.25, -0.2) is 9.97 Å². The van der Waals surface area contributed by atoms with Crippen molar-refractivity contribution in [1.82, 2.24) is 20.3 Å². The molecular formula is C20H21N5O. The van der Waals surface area contributed by atoms with Gasteiger partial charge in [0.25, 0.3) is 5.91 Å². The minimum Gasteiger partial charge on any atom is -0.347 e. The van der Waals surface area contributed by atoms with E-state index in [9.17, 15) is 4.79 Å². The smallest absolute Gasteiger partial charge is 0.255 e. The summed E-state index contributed by atoms with van der Waals surface area (Å²) in [5, 5.41) is 3.10. The van der Waals surface area contributed by atoms with Gasteiger partial charge in [-0.2, -0.15) is 0 Å². The number of nitrogens with one attached hydrogen (secondary N) is 1. The molecule has 1 amide bonds. The van der Waals surface area contributed by atoms with Gasteiger partial charge in [-0.3, -0.25) is 9.78 Å². The summed E-state index contributed by atoms with van der Waals surface area (Å²) in [7, 11) is 3.71. The molecule has 1 aromatic carbocycles. The third-order valence-corrected chi connectivity index (χ3v) is 4.11. The Morgan fingerprint density at radius 1 is 1.04 bits per heavy atom. The van der Waals surface area contributed by atoms with Crippen molar-refractivity contribution in [3.63, 3.8) is 0 Å². The summed E-state index contributed by atoms with van der Waals surface area (Å²) < 4.78 is 0. The van der Waals surface area contributed by atoms with Gasteiger partial charge in [0, 0.05) is 38.9 Å². The van der Waals surface area contributed by atoms with Gasteiger partial charge < -0.3 is 10.2 Å². The summed E-state index contributed by atoms with van der Waals surface area (Å²) in [6, 6.07) is 11.5. The monoisotopic (exact) mass is 347 g/mol. The zero-order valence-electron chi connectivity index (χ0n) is 15.0. The number of benzene rings is 1. The molecule has 0 fully saturated rings. The van der Waals surface area contributed by atoms with Gasteiger partial charge in [0.1, 0.15) is 0 Å². The van der Waals surface area contributed by atoms with E-state index in [-0.39, 0.29) is 11.9 Å². The summed E-state index contributed by atoms with van der Waals surface area (Å²) in [5.41, 5.74) is 3.53. The van der Waals surface area contributed by atoms with Crippen LogP contribution in [0.1, 0.15) is 33.1 Å². The molecule has 0 saturated heterocycles. The van der Waals surface area contributed by atoms with E-state index in [2.05, 4.69) is 20.3 Å². The predicted octanol–water partition coefficient (Wildman–Crippen LogP) is 2.77. The van der Waals surface area contributed by atoms with Crippen molar-refractivity contribution in [2.45, 2.75) is 13.0 Å². The second-order valence-electron chi connectivity index (χ2n) is 6.21. The lowest BCUT2D eigenvalue weighted by Gasteiger charge is -2.21. The van der Waals surface area contributed by atoms with Crippen molar-refractivity contribution >= 4 is 11.9 Å². The second-order valence-corrected chi connectivity index (χ2v) is 6.21. The van der Waals surface area contributed by atoms with Gasteiger partial charge in [-0.15, -0.1) is 0 Å². The molecule has 0 radical (unpaired) electrons. The van der Waals surface area contributed by atoms with Gasteiger partial charge in [-0.1, -0.05) is 24.3 Å². The molecular weight excluding hydrogens is 326 g/mol. The lowest BCUT2D eigenvalue weighted by molar-refractivity contribution is 0.0942. The van der Waals surface area contributed by atoms with Gasteiger partial charge in [0.2, 0.25) is 5.95 Å². The number of amides is 1. The molecule has 6 nitrogen and oxygen atoms in total. The zero-order chi connectivity index (χ0) is 18.5. The topological polar surface area (TPSA) is 71.0 Å². The summed E-state index contributed by atoms with van der Waals surface area (Å²) in [4.78, 5) is 27.1. The third kappa shape index (κ3) is 3.85. The van der Waals surface area contributed by atoms with Crippen LogP contribution in [0.2, 0.25) is 0 Å². The van der Waals surface area contributed by atoms with Crippen LogP contribution in [0.15, 0.2) is 61.2 Å². The van der Waals surface area contributed by atoms with E-state index in [1.165, 1.54) is 0 Å². The first-order chi connectivity index (χ1) is 12.6. The molecule has 1 N–H and O–H groups in total. The number of rotatable bonds is 5. The van der Waals surface area contributed by atoms with Crippen LogP contribution < -0.4 is 10.2 Å². The molecule has 0 aliphatic heterocycles. The van der Waals surface area contributed by atoms with Crippen LogP contribution in [0.25, 0.3) is 0 Å². The van der Waals surface area contributed by atoms with E-state index in [1.54, 1.807) is 29.7 Å². The Balaban J connectivity index is 1.91. The van der Waals surface area contributed by atoms with Gasteiger partial charge in [0.05, 0.1) is 11.6 Å². The Labute approximate surface area is 153 Å². The largest absolute Gasteiger partial charge is 0.347 e. The van der Waals surface area contributed by atoms with Crippen LogP contribution >= 0.6 is 0 Å². The van der Waals surface area contributed by atoms with Crippen LogP contribution in [0.5, 0.6) is 0 Å². The van der Waals surface area contributed by atoms with Crippen molar-refractivity contribution in [2.75, 3.05) is 19.0 Å². The first kappa shape index (κ1) is 17.5. The Bertz CT molecular complexity index is 878. The van der Waals surface area contributed by atoms with Crippen LogP contribution in [-0.2, 0) is 0 Å². The number of carbonyl (C=O) groups excluding carboxylic acids is 1. The molecule has 132 valence electrons. The molecule has 1 atom stereocenters. The number of pyridine rings is 1. The average molecular weight is 347 g/mol. The van der Waals surface area contributed by atoms with Gasteiger partial charge >= 0.3 is 0 Å². The van der Waals surface area contributed by atoms with E-state index in [0.717, 1.165) is 16.7 Å². The highest BCUT2D eigenvalue weighted by Crippen LogP contribution is 2.25. The third-order valence-electron chi connectivity index (χ3n) is 4.11. The molecule has 26 heavy (non-hydrogen) atoms. The van der Waals surface area contributed by atoms with Crippen molar-refractivity contribution in [2.24, 2.45) is 0 Å². The van der Waals surface area contributed by atoms with E-state index < -0.39 is 0 Å². The minimum atomic E-state index is -0.278. The first-order valence-corrected chi connectivity index (χ1v) is 8.32.